The van der Waals surface area contributed by atoms with E-state index >= 15 is 0 Å². The molecule has 0 bridgehead atoms. The number of aromatic hydroxyl groups is 4. The van der Waals surface area contributed by atoms with Crippen molar-refractivity contribution in [1.82, 2.24) is 15.0 Å². The van der Waals surface area contributed by atoms with Gasteiger partial charge in [0, 0.05) is 5.41 Å². The van der Waals surface area contributed by atoms with Crippen LogP contribution < -0.4 is 0 Å². The molecular formula is C26H21N3O4. The SMILES string of the molecule is CC(c1ccc(O)cc1)(c1ccc(O)cc1)c1cc(O)c(O)c(-n2nc3ccccc3n2)c1. The lowest BCUT2D eigenvalue weighted by Crippen LogP contribution is -2.25. The minimum atomic E-state index is -0.812. The normalized spacial score (nSPS) is 11.7. The Hall–Kier alpha value is -4.52. The topological polar surface area (TPSA) is 112 Å². The number of aromatic nitrogens is 3. The minimum absolute atomic E-state index is 0.133. The van der Waals surface area contributed by atoms with E-state index in [9.17, 15) is 20.4 Å². The number of fused-ring (bicyclic) bond motifs is 1. The van der Waals surface area contributed by atoms with E-state index in [1.165, 1.54) is 10.9 Å². The van der Waals surface area contributed by atoms with Crippen LogP contribution in [-0.2, 0) is 5.41 Å². The first-order valence-corrected chi connectivity index (χ1v) is 10.3. The van der Waals surface area contributed by atoms with Crippen LogP contribution >= 0.6 is 0 Å². The predicted molar refractivity (Wildman–Crippen MR) is 124 cm³/mol. The zero-order valence-corrected chi connectivity index (χ0v) is 17.7. The third-order valence-electron chi connectivity index (χ3n) is 6.04. The molecule has 0 atom stereocenters. The summed E-state index contributed by atoms with van der Waals surface area (Å²) in [4.78, 5) is 1.30. The summed E-state index contributed by atoms with van der Waals surface area (Å²) in [5.74, 6) is -0.382. The molecule has 164 valence electrons. The minimum Gasteiger partial charge on any atom is -0.508 e. The lowest BCUT2D eigenvalue weighted by molar-refractivity contribution is 0.398. The molecule has 0 saturated carbocycles. The van der Waals surface area contributed by atoms with Crippen LogP contribution in [-0.4, -0.2) is 35.4 Å². The fourth-order valence-corrected chi connectivity index (χ4v) is 4.10. The van der Waals surface area contributed by atoms with Crippen molar-refractivity contribution < 1.29 is 20.4 Å². The van der Waals surface area contributed by atoms with Gasteiger partial charge in [0.2, 0.25) is 0 Å². The number of hydrogen-bond acceptors (Lipinski definition) is 6. The van der Waals surface area contributed by atoms with E-state index in [1.807, 2.05) is 31.2 Å². The number of hydrogen-bond donors (Lipinski definition) is 4. The first-order chi connectivity index (χ1) is 15.9. The highest BCUT2D eigenvalue weighted by Gasteiger charge is 2.33. The standard InChI is InChI=1S/C26H21N3O4/c1-26(16-6-10-19(30)11-7-16,17-8-12-20(31)13-9-17)18-14-23(25(33)24(32)15-18)29-27-21-4-2-3-5-22(21)28-29/h2-15,30-33H,1H3. The molecule has 1 aromatic heterocycles. The fourth-order valence-electron chi connectivity index (χ4n) is 4.10. The van der Waals surface area contributed by atoms with Gasteiger partial charge >= 0.3 is 0 Å². The molecule has 0 aliphatic carbocycles. The molecule has 0 saturated heterocycles. The smallest absolute Gasteiger partial charge is 0.185 e. The van der Waals surface area contributed by atoms with Crippen LogP contribution in [0.4, 0.5) is 0 Å². The van der Waals surface area contributed by atoms with Crippen molar-refractivity contribution in [2.75, 3.05) is 0 Å². The second-order valence-corrected chi connectivity index (χ2v) is 8.06. The first kappa shape index (κ1) is 20.4. The van der Waals surface area contributed by atoms with Gasteiger partial charge in [-0.2, -0.15) is 0 Å². The Balaban J connectivity index is 1.76. The van der Waals surface area contributed by atoms with Crippen molar-refractivity contribution in [2.45, 2.75) is 12.3 Å². The van der Waals surface area contributed by atoms with Crippen LogP contribution in [0.5, 0.6) is 23.0 Å². The van der Waals surface area contributed by atoms with Gasteiger partial charge in [-0.1, -0.05) is 36.4 Å². The van der Waals surface area contributed by atoms with Gasteiger partial charge in [0.1, 0.15) is 28.2 Å². The van der Waals surface area contributed by atoms with Crippen molar-refractivity contribution in [1.29, 1.82) is 0 Å². The highest BCUT2D eigenvalue weighted by Crippen LogP contribution is 2.44. The lowest BCUT2D eigenvalue weighted by Gasteiger charge is -2.32. The summed E-state index contributed by atoms with van der Waals surface area (Å²) >= 11 is 0. The first-order valence-electron chi connectivity index (χ1n) is 10.3. The average molecular weight is 439 g/mol. The summed E-state index contributed by atoms with van der Waals surface area (Å²) in [6.45, 7) is 1.97. The van der Waals surface area contributed by atoms with Gasteiger partial charge < -0.3 is 20.4 Å². The molecule has 0 unspecified atom stereocenters. The summed E-state index contributed by atoms with van der Waals surface area (Å²) < 4.78 is 0. The number of rotatable bonds is 4. The Morgan fingerprint density at radius 1 is 0.636 bits per heavy atom. The van der Waals surface area contributed by atoms with Crippen LogP contribution in [0.25, 0.3) is 16.7 Å². The second kappa shape index (κ2) is 7.56. The number of phenolic OH excluding ortho intramolecular Hbond substituents is 4. The summed E-state index contributed by atoms with van der Waals surface area (Å²) in [5, 5.41) is 49.8. The molecule has 5 rings (SSSR count). The average Bonchev–Trinajstić information content (AvgIpc) is 3.25. The molecule has 5 aromatic rings. The van der Waals surface area contributed by atoms with Gasteiger partial charge in [0.05, 0.1) is 0 Å². The largest absolute Gasteiger partial charge is 0.508 e. The van der Waals surface area contributed by atoms with E-state index in [-0.39, 0.29) is 28.7 Å². The van der Waals surface area contributed by atoms with E-state index in [2.05, 4.69) is 10.2 Å². The van der Waals surface area contributed by atoms with Gasteiger partial charge in [0.15, 0.2) is 11.5 Å². The van der Waals surface area contributed by atoms with Crippen LogP contribution in [0.2, 0.25) is 0 Å². The Bertz CT molecular complexity index is 1380. The maximum Gasteiger partial charge on any atom is 0.185 e. The summed E-state index contributed by atoms with van der Waals surface area (Å²) in [6, 6.07) is 24.1. The molecular weight excluding hydrogens is 418 g/mol. The maximum atomic E-state index is 10.7. The molecule has 1 heterocycles. The molecule has 0 aliphatic heterocycles. The molecule has 0 spiro atoms. The summed E-state index contributed by atoms with van der Waals surface area (Å²) in [5.41, 5.74) is 3.05. The van der Waals surface area contributed by atoms with E-state index < -0.39 is 5.41 Å². The Morgan fingerprint density at radius 2 is 1.12 bits per heavy atom. The number of nitrogens with zero attached hydrogens (tertiary/aromatic N) is 3. The Labute approximate surface area is 189 Å². The van der Waals surface area contributed by atoms with Gasteiger partial charge in [-0.15, -0.1) is 15.0 Å². The third kappa shape index (κ3) is 3.40. The molecule has 7 nitrogen and oxygen atoms in total. The fraction of sp³-hybridized carbons (Fsp3) is 0.0769. The van der Waals surface area contributed by atoms with E-state index in [4.69, 9.17) is 0 Å². The number of phenols is 4. The maximum absolute atomic E-state index is 10.7. The molecule has 4 N–H and O–H groups in total. The number of benzene rings is 4. The lowest BCUT2D eigenvalue weighted by atomic mass is 9.71. The monoisotopic (exact) mass is 439 g/mol. The molecule has 0 fully saturated rings. The zero-order chi connectivity index (χ0) is 23.2. The van der Waals surface area contributed by atoms with Crippen molar-refractivity contribution in [2.24, 2.45) is 0 Å². The van der Waals surface area contributed by atoms with Crippen molar-refractivity contribution >= 4 is 11.0 Å². The van der Waals surface area contributed by atoms with Crippen molar-refractivity contribution in [3.05, 3.63) is 102 Å². The van der Waals surface area contributed by atoms with Gasteiger partial charge in [-0.05, 0) is 72.1 Å². The van der Waals surface area contributed by atoms with Crippen molar-refractivity contribution in [3.63, 3.8) is 0 Å². The summed E-state index contributed by atoms with van der Waals surface area (Å²) in [7, 11) is 0. The van der Waals surface area contributed by atoms with E-state index in [0.29, 0.717) is 16.6 Å². The zero-order valence-electron chi connectivity index (χ0n) is 17.7. The Kier molecular flexibility index (Phi) is 4.67. The molecule has 0 amide bonds. The van der Waals surface area contributed by atoms with Gasteiger partial charge in [0.25, 0.3) is 0 Å². The summed E-state index contributed by atoms with van der Waals surface area (Å²) in [6.07, 6.45) is 0. The Morgan fingerprint density at radius 3 is 1.61 bits per heavy atom. The van der Waals surface area contributed by atoms with E-state index in [0.717, 1.165) is 11.1 Å². The molecule has 0 aliphatic rings. The molecule has 7 heteroatoms. The predicted octanol–water partition coefficient (Wildman–Crippen LogP) is 4.60. The van der Waals surface area contributed by atoms with Crippen LogP contribution in [0.3, 0.4) is 0 Å². The van der Waals surface area contributed by atoms with Crippen LogP contribution in [0, 0.1) is 0 Å². The molecule has 0 radical (unpaired) electrons. The molecule has 33 heavy (non-hydrogen) atoms. The van der Waals surface area contributed by atoms with Crippen molar-refractivity contribution in [3.8, 4) is 28.7 Å². The van der Waals surface area contributed by atoms with E-state index in [1.54, 1.807) is 54.6 Å². The van der Waals surface area contributed by atoms with Crippen LogP contribution in [0.15, 0.2) is 84.9 Å². The third-order valence-corrected chi connectivity index (χ3v) is 6.04. The highest BCUT2D eigenvalue weighted by atomic mass is 16.3. The molecule has 4 aromatic carbocycles. The van der Waals surface area contributed by atoms with Crippen LogP contribution in [0.1, 0.15) is 23.6 Å². The second-order valence-electron chi connectivity index (χ2n) is 8.06. The van der Waals surface area contributed by atoms with Gasteiger partial charge in [-0.3, -0.25) is 0 Å². The highest BCUT2D eigenvalue weighted by molar-refractivity contribution is 5.74. The van der Waals surface area contributed by atoms with Gasteiger partial charge in [-0.25, -0.2) is 0 Å². The quantitative estimate of drug-likeness (QED) is 0.241.